The van der Waals surface area contributed by atoms with E-state index in [2.05, 4.69) is 98.1 Å². The van der Waals surface area contributed by atoms with Gasteiger partial charge in [0.1, 0.15) is 24.2 Å². The standard InChI is InChI=1S/C56H79BrN2O7.C22H42O.C5H11NO/c1-9-11-12-13-14-15-16-17-18-19-20-21-22-23-24-30-50(61)64-38-42(10-2)65-51(62)34-40(4)35-52(63)66-48-33-39(3)32-41(5)54(48)56(6,7)37-49(60)59-46-29-25-27-44-43-28-26-31-58(8)47(43)36-45(53(44)46)55(59)57;1-4-6-7-8-9-10-11-12-13-14-15-16-17-18-19-20-22(23)21(3)5-2;1-3-6(4-2)5-7/h17-18,25,27-29,32-33,40,42,47H,9-16,19-24,26,30-31,34-38H2,1-8H3;12-13,21H,4-11,14-20H2,1-3H3;5H,3-4H2,1-2H3/b18-17-;13-12-;. The van der Waals surface area contributed by atoms with Crippen molar-refractivity contribution in [1.29, 1.82) is 0 Å². The molecule has 0 bridgehead atoms. The molecule has 0 N–H and O–H groups in total. The third kappa shape index (κ3) is 31.8. The van der Waals surface area contributed by atoms with Crippen LogP contribution in [-0.4, -0.2) is 95.8 Å². The molecular formula is C83H132BrN3O9. The fraction of sp³-hybridized carbons (Fsp3) is 0.687. The van der Waals surface area contributed by atoms with Crippen LogP contribution in [0.2, 0.25) is 0 Å². The second kappa shape index (κ2) is 49.4. The Balaban J connectivity index is 0.000000662. The molecular weight excluding hydrogens is 1260 g/mol. The van der Waals surface area contributed by atoms with E-state index in [4.69, 9.17) is 14.2 Å². The molecule has 1 aromatic heterocycles. The van der Waals surface area contributed by atoms with Gasteiger partial charge in [0.15, 0.2) is 0 Å². The number of ether oxygens (including phenoxy) is 3. The number of nitrogens with zero attached hydrogens (tertiary/aromatic N) is 3. The molecule has 13 heteroatoms. The fourth-order valence-electron chi connectivity index (χ4n) is 13.3. The largest absolute Gasteiger partial charge is 0.462 e. The zero-order chi connectivity index (χ0) is 70.7. The summed E-state index contributed by atoms with van der Waals surface area (Å²) >= 11 is 3.87. The summed E-state index contributed by atoms with van der Waals surface area (Å²) in [6, 6.07) is 10.4. The van der Waals surface area contributed by atoms with Gasteiger partial charge in [-0.15, -0.1) is 0 Å². The summed E-state index contributed by atoms with van der Waals surface area (Å²) in [5, 5.41) is 1.14. The summed E-state index contributed by atoms with van der Waals surface area (Å²) in [6.07, 6.45) is 49.4. The van der Waals surface area contributed by atoms with Gasteiger partial charge in [0.2, 0.25) is 12.3 Å². The van der Waals surface area contributed by atoms with Crippen molar-refractivity contribution in [3.05, 3.63) is 93.1 Å². The van der Waals surface area contributed by atoms with E-state index in [-0.39, 0.29) is 55.6 Å². The molecule has 1 amide bonds. The minimum absolute atomic E-state index is 0.00263. The van der Waals surface area contributed by atoms with E-state index in [1.54, 1.807) is 4.90 Å². The second-order valence-corrected chi connectivity index (χ2v) is 29.1. The molecule has 96 heavy (non-hydrogen) atoms. The minimum atomic E-state index is -0.701. The predicted octanol–water partition coefficient (Wildman–Crippen LogP) is 22.0. The van der Waals surface area contributed by atoms with Crippen molar-refractivity contribution < 1.29 is 43.0 Å². The van der Waals surface area contributed by atoms with E-state index in [1.165, 1.54) is 140 Å². The van der Waals surface area contributed by atoms with E-state index in [1.807, 2.05) is 78.2 Å². The fourth-order valence-corrected chi connectivity index (χ4v) is 14.0. The van der Waals surface area contributed by atoms with Crippen molar-refractivity contribution in [2.24, 2.45) is 11.8 Å². The van der Waals surface area contributed by atoms with E-state index in [9.17, 15) is 28.8 Å². The molecule has 540 valence electrons. The van der Waals surface area contributed by atoms with Crippen molar-refractivity contribution in [2.75, 3.05) is 33.3 Å². The lowest BCUT2D eigenvalue weighted by Gasteiger charge is -2.37. The van der Waals surface area contributed by atoms with Crippen molar-refractivity contribution >= 4 is 68.4 Å². The van der Waals surface area contributed by atoms with Crippen molar-refractivity contribution in [3.8, 4) is 5.75 Å². The quantitative estimate of drug-likeness (QED) is 0.0176. The first kappa shape index (κ1) is 85.1. The number of carbonyl (C=O) groups excluding carboxylic acids is 6. The number of hydrogen-bond donors (Lipinski definition) is 0. The number of Topliss-reactive ketones (excluding diaryl/α,β-unsaturated/α-hetero) is 1. The second-order valence-electron chi connectivity index (χ2n) is 28.3. The zero-order valence-electron chi connectivity index (χ0n) is 62.6. The van der Waals surface area contributed by atoms with Gasteiger partial charge in [-0.1, -0.05) is 207 Å². The maximum atomic E-state index is 14.5. The van der Waals surface area contributed by atoms with Crippen LogP contribution in [0.1, 0.15) is 320 Å². The Morgan fingerprint density at radius 1 is 0.677 bits per heavy atom. The molecule has 4 atom stereocenters. The monoisotopic (exact) mass is 1390 g/mol. The summed E-state index contributed by atoms with van der Waals surface area (Å²) in [5.74, 6) is -0.414. The molecule has 12 nitrogen and oxygen atoms in total. The summed E-state index contributed by atoms with van der Waals surface area (Å²) in [7, 11) is 2.18. The highest BCUT2D eigenvalue weighted by molar-refractivity contribution is 9.10. The number of likely N-dealkylation sites (N-methyl/N-ethyl adjacent to an activating group) is 1. The summed E-state index contributed by atoms with van der Waals surface area (Å²) in [5.41, 5.74) is 6.58. The number of aryl methyl sites for hydroxylation is 2. The van der Waals surface area contributed by atoms with Crippen LogP contribution in [0.5, 0.6) is 5.75 Å². The van der Waals surface area contributed by atoms with E-state index < -0.39 is 23.5 Å². The van der Waals surface area contributed by atoms with Gasteiger partial charge in [0, 0.05) is 80.1 Å². The van der Waals surface area contributed by atoms with Crippen LogP contribution in [0.3, 0.4) is 0 Å². The molecule has 1 aliphatic heterocycles. The van der Waals surface area contributed by atoms with Gasteiger partial charge in [-0.2, -0.15) is 0 Å². The molecule has 4 unspecified atom stereocenters. The van der Waals surface area contributed by atoms with Crippen LogP contribution in [0, 0.1) is 25.7 Å². The Morgan fingerprint density at radius 2 is 1.21 bits per heavy atom. The third-order valence-corrected chi connectivity index (χ3v) is 20.2. The minimum Gasteiger partial charge on any atom is -0.462 e. The molecule has 0 fully saturated rings. The number of carbonyl (C=O) groups is 6. The summed E-state index contributed by atoms with van der Waals surface area (Å²) in [6.45, 7) is 27.0. The van der Waals surface area contributed by atoms with Crippen molar-refractivity contribution in [3.63, 3.8) is 0 Å². The Kier molecular flexibility index (Phi) is 43.8. The topological polar surface area (TPSA) is 142 Å². The first-order valence-electron chi connectivity index (χ1n) is 38.2. The normalized spacial score (nSPS) is 14.6. The molecule has 0 saturated carbocycles. The van der Waals surface area contributed by atoms with Gasteiger partial charge >= 0.3 is 17.9 Å². The number of halogens is 1. The van der Waals surface area contributed by atoms with Crippen LogP contribution in [0.4, 0.5) is 0 Å². The highest BCUT2D eigenvalue weighted by Crippen LogP contribution is 2.46. The maximum absolute atomic E-state index is 14.5. The zero-order valence-corrected chi connectivity index (χ0v) is 64.2. The Hall–Kier alpha value is -5.14. The first-order valence-corrected chi connectivity index (χ1v) is 39.0. The molecule has 5 rings (SSSR count). The maximum Gasteiger partial charge on any atom is 0.311 e. The number of hydrogen-bond acceptors (Lipinski definition) is 10. The molecule has 2 aromatic carbocycles. The summed E-state index contributed by atoms with van der Waals surface area (Å²) in [4.78, 5) is 79.2. The number of fused-ring (bicyclic) bond motifs is 2. The van der Waals surface area contributed by atoms with Crippen LogP contribution in [0.15, 0.2) is 65.3 Å². The molecule has 1 aliphatic carbocycles. The van der Waals surface area contributed by atoms with Crippen LogP contribution >= 0.6 is 15.9 Å². The van der Waals surface area contributed by atoms with Gasteiger partial charge in [-0.05, 0) is 186 Å². The van der Waals surface area contributed by atoms with Crippen LogP contribution in [-0.2, 0) is 45.3 Å². The van der Waals surface area contributed by atoms with Gasteiger partial charge in [-0.3, -0.25) is 38.2 Å². The van der Waals surface area contributed by atoms with Gasteiger partial charge in [0.25, 0.3) is 0 Å². The number of unbranched alkanes of at least 4 members (excludes halogenated alkanes) is 22. The average Bonchev–Trinajstić information content (AvgIpc) is 1.55. The molecule has 2 heterocycles. The molecule has 0 spiro atoms. The smallest absolute Gasteiger partial charge is 0.311 e. The number of benzene rings is 2. The predicted molar refractivity (Wildman–Crippen MR) is 404 cm³/mol. The molecule has 0 saturated heterocycles. The first-order chi connectivity index (χ1) is 46.2. The van der Waals surface area contributed by atoms with E-state index in [0.717, 1.165) is 128 Å². The van der Waals surface area contributed by atoms with Crippen LogP contribution < -0.4 is 4.74 Å². The highest BCUT2D eigenvalue weighted by Gasteiger charge is 2.37. The lowest BCUT2D eigenvalue weighted by molar-refractivity contribution is -0.160. The molecule has 0 radical (unpaired) electrons. The Labute approximate surface area is 591 Å². The van der Waals surface area contributed by atoms with E-state index >= 15 is 0 Å². The SMILES string of the molecule is CCCCCCCC/C=C\CCCCCCCC(=O)C(C)CC.CCCCCCCC/C=C\CCCCCCCC(=O)OCC(CC)OC(=O)CC(C)CC(=O)Oc1cc(C)cc(C)c1C(C)(C)CC(=O)n1c(Br)c2c3c(cccc31)C1=CCCN(C)C1C2.CCN(C=O)CC. The number of allylic oxidation sites excluding steroid dienone is 4. The average molecular weight is 1400 g/mol. The van der Waals surface area contributed by atoms with Crippen molar-refractivity contribution in [1.82, 2.24) is 14.4 Å². The third-order valence-electron chi connectivity index (χ3n) is 19.3. The number of esters is 3. The van der Waals surface area contributed by atoms with E-state index in [0.29, 0.717) is 24.4 Å². The molecule has 2 aliphatic rings. The van der Waals surface area contributed by atoms with Crippen molar-refractivity contribution in [2.45, 2.75) is 325 Å². The van der Waals surface area contributed by atoms with Gasteiger partial charge < -0.3 is 19.1 Å². The Morgan fingerprint density at radius 3 is 1.73 bits per heavy atom. The number of aromatic nitrogens is 1. The lowest BCUT2D eigenvalue weighted by Crippen LogP contribution is -2.39. The number of amides is 1. The number of ketones is 1. The highest BCUT2D eigenvalue weighted by atomic mass is 79.9. The lowest BCUT2D eigenvalue weighted by atomic mass is 9.78. The Bertz CT molecular complexity index is 2840. The van der Waals surface area contributed by atoms with Gasteiger partial charge in [-0.25, -0.2) is 0 Å². The summed E-state index contributed by atoms with van der Waals surface area (Å²) < 4.78 is 19.9. The van der Waals surface area contributed by atoms with Gasteiger partial charge in [0.05, 0.1) is 10.1 Å². The number of rotatable bonds is 47. The molecule has 3 aromatic rings. The van der Waals surface area contributed by atoms with Crippen LogP contribution in [0.25, 0.3) is 16.5 Å².